The van der Waals surface area contributed by atoms with Gasteiger partial charge < -0.3 is 19.5 Å². The molecular formula is C22H27NO5. The van der Waals surface area contributed by atoms with Crippen molar-refractivity contribution in [3.63, 3.8) is 0 Å². The second-order valence-corrected chi connectivity index (χ2v) is 6.92. The summed E-state index contributed by atoms with van der Waals surface area (Å²) in [6, 6.07) is 12.2. The second kappa shape index (κ2) is 9.78. The number of benzene rings is 2. The van der Waals surface area contributed by atoms with Gasteiger partial charge in [-0.05, 0) is 49.6 Å². The first kappa shape index (κ1) is 21.3. The molecule has 6 nitrogen and oxygen atoms in total. The topological polar surface area (TPSA) is 73.9 Å². The fourth-order valence-electron chi connectivity index (χ4n) is 2.40. The van der Waals surface area contributed by atoms with Gasteiger partial charge in [-0.15, -0.1) is 0 Å². The number of carbonyl (C=O) groups is 2. The van der Waals surface area contributed by atoms with Gasteiger partial charge in [0.1, 0.15) is 0 Å². The van der Waals surface area contributed by atoms with E-state index in [1.54, 1.807) is 24.3 Å². The summed E-state index contributed by atoms with van der Waals surface area (Å²) in [5.41, 5.74) is 1.89. The Morgan fingerprint density at radius 3 is 2.39 bits per heavy atom. The number of nitrogens with one attached hydrogen (secondary N) is 1. The van der Waals surface area contributed by atoms with Crippen LogP contribution in [0.5, 0.6) is 11.5 Å². The molecule has 0 unspecified atom stereocenters. The summed E-state index contributed by atoms with van der Waals surface area (Å²) in [4.78, 5) is 24.8. The zero-order valence-electron chi connectivity index (χ0n) is 16.9. The molecule has 0 aromatic heterocycles. The third-order valence-electron chi connectivity index (χ3n) is 4.03. The van der Waals surface area contributed by atoms with Crippen molar-refractivity contribution in [2.45, 2.75) is 33.8 Å². The number of amides is 1. The van der Waals surface area contributed by atoms with Crippen LogP contribution in [0.25, 0.3) is 0 Å². The fraction of sp³-hybridized carbons (Fsp3) is 0.364. The van der Waals surface area contributed by atoms with Crippen molar-refractivity contribution in [3.8, 4) is 11.5 Å². The molecular weight excluding hydrogens is 358 g/mol. The van der Waals surface area contributed by atoms with Crippen LogP contribution in [0.3, 0.4) is 0 Å². The molecule has 2 aromatic rings. The molecule has 2 rings (SSSR count). The van der Waals surface area contributed by atoms with Crippen LogP contribution in [0.15, 0.2) is 42.5 Å². The van der Waals surface area contributed by atoms with Gasteiger partial charge in [-0.3, -0.25) is 4.79 Å². The molecule has 0 saturated carbocycles. The lowest BCUT2D eigenvalue weighted by Crippen LogP contribution is -2.30. The molecule has 150 valence electrons. The normalized spacial score (nSPS) is 11.6. The van der Waals surface area contributed by atoms with E-state index in [2.05, 4.69) is 5.32 Å². The van der Waals surface area contributed by atoms with E-state index in [-0.39, 0.29) is 5.56 Å². The first-order chi connectivity index (χ1) is 13.3. The van der Waals surface area contributed by atoms with E-state index < -0.39 is 18.0 Å². The van der Waals surface area contributed by atoms with E-state index in [1.165, 1.54) is 14.0 Å². The highest BCUT2D eigenvalue weighted by Crippen LogP contribution is 2.29. The number of anilines is 1. The Morgan fingerprint density at radius 2 is 1.75 bits per heavy atom. The van der Waals surface area contributed by atoms with Gasteiger partial charge in [0.15, 0.2) is 17.6 Å². The number of ether oxygens (including phenoxy) is 3. The molecule has 28 heavy (non-hydrogen) atoms. The predicted molar refractivity (Wildman–Crippen MR) is 108 cm³/mol. The minimum absolute atomic E-state index is 0.282. The van der Waals surface area contributed by atoms with E-state index in [0.717, 1.165) is 5.56 Å². The monoisotopic (exact) mass is 385 g/mol. The molecule has 0 spiro atoms. The standard InChI is InChI=1S/C22H27NO5/c1-14(2)13-27-19-11-10-17(12-20(19)26-5)22(25)28-16(4)21(24)23-18-9-7-6-8-15(18)3/h6-12,14,16H,13H2,1-5H3,(H,23,24)/t16-/m1/s1. The Balaban J connectivity index is 2.03. The first-order valence-corrected chi connectivity index (χ1v) is 9.20. The highest BCUT2D eigenvalue weighted by Gasteiger charge is 2.20. The molecule has 1 atom stereocenters. The zero-order chi connectivity index (χ0) is 20.7. The number of hydrogen-bond donors (Lipinski definition) is 1. The van der Waals surface area contributed by atoms with Crippen LogP contribution in [0.1, 0.15) is 36.7 Å². The maximum Gasteiger partial charge on any atom is 0.339 e. The van der Waals surface area contributed by atoms with Crippen molar-refractivity contribution in [2.75, 3.05) is 19.0 Å². The number of rotatable bonds is 8. The molecule has 0 saturated heterocycles. The van der Waals surface area contributed by atoms with Gasteiger partial charge >= 0.3 is 5.97 Å². The largest absolute Gasteiger partial charge is 0.493 e. The molecule has 1 amide bonds. The quantitative estimate of drug-likeness (QED) is 0.689. The average Bonchev–Trinajstić information content (AvgIpc) is 2.67. The van der Waals surface area contributed by atoms with Crippen molar-refractivity contribution in [1.29, 1.82) is 0 Å². The van der Waals surface area contributed by atoms with Crippen molar-refractivity contribution in [2.24, 2.45) is 5.92 Å². The van der Waals surface area contributed by atoms with Crippen molar-refractivity contribution >= 4 is 17.6 Å². The lowest BCUT2D eigenvalue weighted by molar-refractivity contribution is -0.123. The summed E-state index contributed by atoms with van der Waals surface area (Å²) in [6.07, 6.45) is -0.949. The van der Waals surface area contributed by atoms with E-state index in [0.29, 0.717) is 29.7 Å². The average molecular weight is 385 g/mol. The zero-order valence-corrected chi connectivity index (χ0v) is 16.9. The van der Waals surface area contributed by atoms with Gasteiger partial charge in [0, 0.05) is 5.69 Å². The van der Waals surface area contributed by atoms with Gasteiger partial charge in [0.2, 0.25) is 0 Å². The molecule has 6 heteroatoms. The van der Waals surface area contributed by atoms with E-state index in [4.69, 9.17) is 14.2 Å². The molecule has 0 aliphatic rings. The number of aryl methyl sites for hydroxylation is 1. The number of esters is 1. The van der Waals surface area contributed by atoms with E-state index in [9.17, 15) is 9.59 Å². The fourth-order valence-corrected chi connectivity index (χ4v) is 2.40. The summed E-state index contributed by atoms with van der Waals surface area (Å²) < 4.78 is 16.3. The third-order valence-corrected chi connectivity index (χ3v) is 4.03. The van der Waals surface area contributed by atoms with Crippen LogP contribution in [0.2, 0.25) is 0 Å². The molecule has 0 fully saturated rings. The number of para-hydroxylation sites is 1. The highest BCUT2D eigenvalue weighted by molar-refractivity contribution is 5.97. The van der Waals surface area contributed by atoms with Crippen LogP contribution < -0.4 is 14.8 Å². The second-order valence-electron chi connectivity index (χ2n) is 6.92. The van der Waals surface area contributed by atoms with Crippen LogP contribution >= 0.6 is 0 Å². The van der Waals surface area contributed by atoms with Gasteiger partial charge in [-0.2, -0.15) is 0 Å². The Bertz CT molecular complexity index is 831. The SMILES string of the molecule is COc1cc(C(=O)O[C@H](C)C(=O)Nc2ccccc2C)ccc1OCC(C)C. The van der Waals surface area contributed by atoms with Crippen molar-refractivity contribution < 1.29 is 23.8 Å². The van der Waals surface area contributed by atoms with Crippen LogP contribution in [0, 0.1) is 12.8 Å². The summed E-state index contributed by atoms with van der Waals surface area (Å²) in [5, 5.41) is 2.76. The molecule has 2 aromatic carbocycles. The summed E-state index contributed by atoms with van der Waals surface area (Å²) >= 11 is 0. The van der Waals surface area contributed by atoms with E-state index >= 15 is 0 Å². The van der Waals surface area contributed by atoms with Crippen LogP contribution in [0.4, 0.5) is 5.69 Å². The van der Waals surface area contributed by atoms with Gasteiger partial charge in [0.25, 0.3) is 5.91 Å². The molecule has 0 bridgehead atoms. The van der Waals surface area contributed by atoms with Crippen molar-refractivity contribution in [3.05, 3.63) is 53.6 Å². The minimum Gasteiger partial charge on any atom is -0.493 e. The van der Waals surface area contributed by atoms with Gasteiger partial charge in [0.05, 0.1) is 19.3 Å². The molecule has 0 aliphatic heterocycles. The van der Waals surface area contributed by atoms with Crippen LogP contribution in [-0.2, 0) is 9.53 Å². The number of hydrogen-bond acceptors (Lipinski definition) is 5. The molecule has 1 N–H and O–H groups in total. The molecule has 0 radical (unpaired) electrons. The Labute approximate surface area is 165 Å². The minimum atomic E-state index is -0.949. The van der Waals surface area contributed by atoms with Gasteiger partial charge in [-0.25, -0.2) is 4.79 Å². The smallest absolute Gasteiger partial charge is 0.339 e. The molecule has 0 aliphatic carbocycles. The van der Waals surface area contributed by atoms with Crippen LogP contribution in [-0.4, -0.2) is 31.7 Å². The maximum absolute atomic E-state index is 12.4. The lowest BCUT2D eigenvalue weighted by atomic mass is 10.2. The summed E-state index contributed by atoms with van der Waals surface area (Å²) in [5.74, 6) is 0.347. The Morgan fingerprint density at radius 1 is 1.04 bits per heavy atom. The highest BCUT2D eigenvalue weighted by atomic mass is 16.5. The third kappa shape index (κ3) is 5.74. The number of carbonyl (C=O) groups excluding carboxylic acids is 2. The maximum atomic E-state index is 12.4. The van der Waals surface area contributed by atoms with E-state index in [1.807, 2.05) is 39.0 Å². The molecule has 0 heterocycles. The Hall–Kier alpha value is -3.02. The van der Waals surface area contributed by atoms with Crippen molar-refractivity contribution in [1.82, 2.24) is 0 Å². The Kier molecular flexibility index (Phi) is 7.44. The summed E-state index contributed by atoms with van der Waals surface area (Å²) in [6.45, 7) is 8.05. The summed E-state index contributed by atoms with van der Waals surface area (Å²) in [7, 11) is 1.50. The number of methoxy groups -OCH3 is 1. The lowest BCUT2D eigenvalue weighted by Gasteiger charge is -2.16. The predicted octanol–water partition coefficient (Wildman–Crippen LogP) is 4.22. The first-order valence-electron chi connectivity index (χ1n) is 9.20. The van der Waals surface area contributed by atoms with Gasteiger partial charge in [-0.1, -0.05) is 32.0 Å².